The van der Waals surface area contributed by atoms with Crippen LogP contribution in [0, 0.1) is 0 Å². The predicted octanol–water partition coefficient (Wildman–Crippen LogP) is 2.77. The Balaban J connectivity index is 1.79. The summed E-state index contributed by atoms with van der Waals surface area (Å²) in [4.78, 5) is 1.57. The maximum absolute atomic E-state index is 6.04. The summed E-state index contributed by atoms with van der Waals surface area (Å²) in [7, 11) is 0. The fraction of sp³-hybridized carbons (Fsp3) is 0.214. The lowest BCUT2D eigenvalue weighted by Gasteiger charge is -2.07. The van der Waals surface area contributed by atoms with Gasteiger partial charge < -0.3 is 5.73 Å². The van der Waals surface area contributed by atoms with Crippen molar-refractivity contribution in [2.24, 2.45) is 0 Å². The molecule has 1 aliphatic rings. The standard InChI is InChI=1S/C14H14ClN5/c15-12-5-1-3-10(7-12)9-20-18-14(17-19-20)11-4-2-6-13(16)8-11/h2-4,6-8H,1,5,9,16H2. The van der Waals surface area contributed by atoms with Gasteiger partial charge in [0, 0.05) is 16.3 Å². The summed E-state index contributed by atoms with van der Waals surface area (Å²) in [5.41, 5.74) is 8.41. The van der Waals surface area contributed by atoms with Gasteiger partial charge in [0.25, 0.3) is 0 Å². The van der Waals surface area contributed by atoms with Crippen LogP contribution in [0.1, 0.15) is 12.8 Å². The zero-order chi connectivity index (χ0) is 13.9. The first-order valence-electron chi connectivity index (χ1n) is 6.39. The second-order valence-electron chi connectivity index (χ2n) is 4.68. The Morgan fingerprint density at radius 1 is 1.35 bits per heavy atom. The van der Waals surface area contributed by atoms with E-state index in [0.29, 0.717) is 18.1 Å². The van der Waals surface area contributed by atoms with Crippen LogP contribution in [-0.4, -0.2) is 20.2 Å². The molecule has 2 N–H and O–H groups in total. The van der Waals surface area contributed by atoms with E-state index in [1.807, 2.05) is 30.3 Å². The van der Waals surface area contributed by atoms with E-state index in [1.165, 1.54) is 0 Å². The first-order chi connectivity index (χ1) is 9.70. The minimum atomic E-state index is 0.573. The van der Waals surface area contributed by atoms with Crippen LogP contribution < -0.4 is 5.73 Å². The Hall–Kier alpha value is -2.14. The maximum atomic E-state index is 6.04. The van der Waals surface area contributed by atoms with E-state index in [2.05, 4.69) is 21.5 Å². The van der Waals surface area contributed by atoms with Gasteiger partial charge in [-0.15, -0.1) is 10.2 Å². The second kappa shape index (κ2) is 5.46. The van der Waals surface area contributed by atoms with Crippen molar-refractivity contribution in [3.8, 4) is 11.4 Å². The van der Waals surface area contributed by atoms with Gasteiger partial charge in [-0.25, -0.2) is 0 Å². The van der Waals surface area contributed by atoms with E-state index in [4.69, 9.17) is 17.3 Å². The molecule has 0 atom stereocenters. The Morgan fingerprint density at radius 2 is 2.25 bits per heavy atom. The summed E-state index contributed by atoms with van der Waals surface area (Å²) in [5.74, 6) is 0.573. The Bertz CT molecular complexity index is 686. The number of halogens is 1. The van der Waals surface area contributed by atoms with Gasteiger partial charge in [-0.2, -0.15) is 4.80 Å². The lowest BCUT2D eigenvalue weighted by atomic mass is 10.1. The molecule has 1 aliphatic carbocycles. The molecule has 2 aromatic rings. The number of allylic oxidation sites excluding steroid dienone is 4. The molecular formula is C14H14ClN5. The number of tetrazole rings is 1. The molecule has 0 amide bonds. The minimum Gasteiger partial charge on any atom is -0.399 e. The lowest BCUT2D eigenvalue weighted by Crippen LogP contribution is -2.05. The van der Waals surface area contributed by atoms with Gasteiger partial charge in [0.15, 0.2) is 0 Å². The van der Waals surface area contributed by atoms with Gasteiger partial charge in [0.05, 0.1) is 6.54 Å². The summed E-state index contributed by atoms with van der Waals surface area (Å²) in [6.07, 6.45) is 5.98. The molecule has 0 fully saturated rings. The van der Waals surface area contributed by atoms with Crippen molar-refractivity contribution in [3.05, 3.63) is 47.0 Å². The fourth-order valence-electron chi connectivity index (χ4n) is 2.10. The number of hydrogen-bond donors (Lipinski definition) is 1. The van der Waals surface area contributed by atoms with Gasteiger partial charge in [0.1, 0.15) is 0 Å². The van der Waals surface area contributed by atoms with Crippen LogP contribution in [0.25, 0.3) is 11.4 Å². The molecule has 0 saturated carbocycles. The van der Waals surface area contributed by atoms with Gasteiger partial charge in [-0.05, 0) is 41.8 Å². The van der Waals surface area contributed by atoms with Crippen LogP contribution in [0.4, 0.5) is 5.69 Å². The molecule has 1 aromatic carbocycles. The Morgan fingerprint density at radius 3 is 3.05 bits per heavy atom. The van der Waals surface area contributed by atoms with E-state index in [1.54, 1.807) is 4.80 Å². The van der Waals surface area contributed by atoms with E-state index >= 15 is 0 Å². The molecule has 0 saturated heterocycles. The summed E-state index contributed by atoms with van der Waals surface area (Å²) in [5, 5.41) is 13.4. The zero-order valence-electron chi connectivity index (χ0n) is 10.8. The number of rotatable bonds is 3. The fourth-order valence-corrected chi connectivity index (χ4v) is 2.35. The largest absolute Gasteiger partial charge is 0.399 e. The molecule has 3 rings (SSSR count). The number of nitrogens with two attached hydrogens (primary N) is 1. The summed E-state index contributed by atoms with van der Waals surface area (Å²) >= 11 is 6.04. The second-order valence-corrected chi connectivity index (χ2v) is 5.16. The maximum Gasteiger partial charge on any atom is 0.205 e. The number of aromatic nitrogens is 4. The van der Waals surface area contributed by atoms with Gasteiger partial charge >= 0.3 is 0 Å². The van der Waals surface area contributed by atoms with Crippen molar-refractivity contribution in [2.75, 3.05) is 5.73 Å². The number of anilines is 1. The topological polar surface area (TPSA) is 69.6 Å². The molecule has 5 nitrogen and oxygen atoms in total. The SMILES string of the molecule is Nc1cccc(-c2nnn(CC3=CCCC(Cl)=C3)n2)c1. The number of hydrogen-bond acceptors (Lipinski definition) is 4. The third-order valence-electron chi connectivity index (χ3n) is 3.05. The van der Waals surface area contributed by atoms with Crippen molar-refractivity contribution in [2.45, 2.75) is 19.4 Å². The Labute approximate surface area is 121 Å². The van der Waals surface area contributed by atoms with Gasteiger partial charge in [-0.1, -0.05) is 29.8 Å². The number of nitrogens with zero attached hydrogens (tertiary/aromatic N) is 4. The molecule has 102 valence electrons. The van der Waals surface area contributed by atoms with Crippen molar-refractivity contribution in [1.29, 1.82) is 0 Å². The normalized spacial score (nSPS) is 14.8. The molecular weight excluding hydrogens is 274 g/mol. The van der Waals surface area contributed by atoms with Crippen molar-refractivity contribution in [1.82, 2.24) is 20.2 Å². The van der Waals surface area contributed by atoms with Crippen molar-refractivity contribution < 1.29 is 0 Å². The molecule has 20 heavy (non-hydrogen) atoms. The van der Waals surface area contributed by atoms with Crippen LogP contribution >= 0.6 is 11.6 Å². The monoisotopic (exact) mass is 287 g/mol. The third-order valence-corrected chi connectivity index (χ3v) is 3.35. The predicted molar refractivity (Wildman–Crippen MR) is 78.9 cm³/mol. The molecule has 0 spiro atoms. The third kappa shape index (κ3) is 2.88. The molecule has 1 aromatic heterocycles. The average Bonchev–Trinajstić information content (AvgIpc) is 2.87. The summed E-state index contributed by atoms with van der Waals surface area (Å²) in [6.45, 7) is 0.575. The lowest BCUT2D eigenvalue weighted by molar-refractivity contribution is 0.569. The quantitative estimate of drug-likeness (QED) is 0.881. The van der Waals surface area contributed by atoms with E-state index < -0.39 is 0 Å². The average molecular weight is 288 g/mol. The van der Waals surface area contributed by atoms with E-state index in [0.717, 1.165) is 29.0 Å². The van der Waals surface area contributed by atoms with E-state index in [9.17, 15) is 0 Å². The van der Waals surface area contributed by atoms with Gasteiger partial charge in [-0.3, -0.25) is 0 Å². The smallest absolute Gasteiger partial charge is 0.205 e. The van der Waals surface area contributed by atoms with Crippen LogP contribution in [0.15, 0.2) is 47.0 Å². The highest BCUT2D eigenvalue weighted by molar-refractivity contribution is 6.29. The van der Waals surface area contributed by atoms with Crippen LogP contribution in [0.5, 0.6) is 0 Å². The molecule has 0 aliphatic heterocycles. The van der Waals surface area contributed by atoms with Gasteiger partial charge in [0.2, 0.25) is 5.82 Å². The number of nitrogen functional groups attached to an aromatic ring is 1. The summed E-state index contributed by atoms with van der Waals surface area (Å²) in [6, 6.07) is 7.44. The van der Waals surface area contributed by atoms with Crippen molar-refractivity contribution >= 4 is 17.3 Å². The van der Waals surface area contributed by atoms with Crippen LogP contribution in [-0.2, 0) is 6.54 Å². The molecule has 0 unspecified atom stereocenters. The summed E-state index contributed by atoms with van der Waals surface area (Å²) < 4.78 is 0. The highest BCUT2D eigenvalue weighted by Crippen LogP contribution is 2.21. The van der Waals surface area contributed by atoms with Crippen molar-refractivity contribution in [3.63, 3.8) is 0 Å². The van der Waals surface area contributed by atoms with Crippen LogP contribution in [0.3, 0.4) is 0 Å². The molecule has 0 bridgehead atoms. The Kier molecular flexibility index (Phi) is 3.52. The first kappa shape index (κ1) is 12.9. The highest BCUT2D eigenvalue weighted by atomic mass is 35.5. The molecule has 0 radical (unpaired) electrons. The van der Waals surface area contributed by atoms with Crippen LogP contribution in [0.2, 0.25) is 0 Å². The highest BCUT2D eigenvalue weighted by Gasteiger charge is 2.09. The first-order valence-corrected chi connectivity index (χ1v) is 6.77. The number of benzene rings is 1. The molecule has 6 heteroatoms. The minimum absolute atomic E-state index is 0.573. The van der Waals surface area contributed by atoms with E-state index in [-0.39, 0.29) is 0 Å². The molecule has 1 heterocycles. The zero-order valence-corrected chi connectivity index (χ0v) is 11.6.